The first-order valence-corrected chi connectivity index (χ1v) is 13.6. The van der Waals surface area contributed by atoms with Crippen LogP contribution in [0.4, 0.5) is 0 Å². The van der Waals surface area contributed by atoms with E-state index in [1.807, 2.05) is 0 Å². The second-order valence-electron chi connectivity index (χ2n) is 12.5. The number of carbonyl (C=O) groups excluding carboxylic acids is 1. The molecule has 0 radical (unpaired) electrons. The molecule has 1 heterocycles. The molecule has 4 aliphatic carbocycles. The molecule has 2 N–H and O–H groups in total. The predicted octanol–water partition coefficient (Wildman–Crippen LogP) is 4.83. The number of aryl methyl sites for hydroxylation is 1. The Kier molecular flexibility index (Phi) is 6.15. The molecule has 5 rings (SSSR count). The molecule has 5 heteroatoms. The van der Waals surface area contributed by atoms with Crippen LogP contribution in [0, 0.1) is 36.0 Å². The summed E-state index contributed by atoms with van der Waals surface area (Å²) in [6.45, 7) is 11.8. The van der Waals surface area contributed by atoms with E-state index in [0.29, 0.717) is 17.8 Å². The topological polar surface area (TPSA) is 75.1 Å². The van der Waals surface area contributed by atoms with Gasteiger partial charge in [-0.2, -0.15) is 10.2 Å². The van der Waals surface area contributed by atoms with Crippen LogP contribution in [0.1, 0.15) is 95.2 Å². The van der Waals surface area contributed by atoms with E-state index in [1.165, 1.54) is 29.7 Å². The fraction of sp³-hybridized carbons (Fsp3) is 0.759. The largest absolute Gasteiger partial charge is 0.393 e. The van der Waals surface area contributed by atoms with Crippen LogP contribution in [-0.2, 0) is 23.1 Å². The van der Waals surface area contributed by atoms with Crippen LogP contribution in [0.3, 0.4) is 0 Å². The minimum atomic E-state index is -0.141. The van der Waals surface area contributed by atoms with Gasteiger partial charge < -0.3 is 10.4 Å². The minimum absolute atomic E-state index is 0.0397. The lowest BCUT2D eigenvalue weighted by molar-refractivity contribution is -0.119. The summed E-state index contributed by atoms with van der Waals surface area (Å²) in [6.07, 6.45) is 12.0. The highest BCUT2D eigenvalue weighted by molar-refractivity contribution is 5.72. The molecule has 0 bridgehead atoms. The number of hydrogen-bond acceptors (Lipinski definition) is 4. The molecule has 7 unspecified atom stereocenters. The number of allylic oxidation sites excluding steroid dienone is 1. The Morgan fingerprint density at radius 1 is 1.18 bits per heavy atom. The maximum Gasteiger partial charge on any atom is 0.216 e. The molecule has 2 fully saturated rings. The van der Waals surface area contributed by atoms with Crippen LogP contribution >= 0.6 is 0 Å². The van der Waals surface area contributed by atoms with Gasteiger partial charge in [-0.25, -0.2) is 0 Å². The highest BCUT2D eigenvalue weighted by Gasteiger charge is 2.58. The lowest BCUT2D eigenvalue weighted by Gasteiger charge is -2.57. The van der Waals surface area contributed by atoms with E-state index in [4.69, 9.17) is 10.2 Å². The number of aromatic nitrogens is 2. The molecule has 5 nitrogen and oxygen atoms in total. The number of aliphatic hydroxyl groups is 1. The van der Waals surface area contributed by atoms with E-state index in [0.717, 1.165) is 63.1 Å². The highest BCUT2D eigenvalue weighted by Crippen LogP contribution is 2.64. The number of carbonyl (C=O) groups is 1. The van der Waals surface area contributed by atoms with Crippen LogP contribution in [0.15, 0.2) is 11.6 Å². The van der Waals surface area contributed by atoms with Crippen molar-refractivity contribution in [1.82, 2.24) is 15.5 Å². The number of amides is 1. The summed E-state index contributed by atoms with van der Waals surface area (Å²) in [5, 5.41) is 22.8. The summed E-state index contributed by atoms with van der Waals surface area (Å²) >= 11 is 0. The van der Waals surface area contributed by atoms with Crippen molar-refractivity contribution in [2.45, 2.75) is 104 Å². The maximum absolute atomic E-state index is 11.2. The van der Waals surface area contributed by atoms with Crippen molar-refractivity contribution in [2.24, 2.45) is 29.1 Å². The zero-order valence-electron chi connectivity index (χ0n) is 21.8. The van der Waals surface area contributed by atoms with Crippen molar-refractivity contribution in [3.8, 4) is 0 Å². The molecule has 0 aliphatic heterocycles. The number of aliphatic hydroxyl groups excluding tert-OH is 1. The Morgan fingerprint density at radius 2 is 1.94 bits per heavy atom. The minimum Gasteiger partial charge on any atom is -0.393 e. The van der Waals surface area contributed by atoms with E-state index in [1.54, 1.807) is 12.5 Å². The van der Waals surface area contributed by atoms with Crippen LogP contribution < -0.4 is 5.32 Å². The average Bonchev–Trinajstić information content (AvgIpc) is 3.11. The second kappa shape index (κ2) is 8.72. The molecular formula is C29H43N3O2. The van der Waals surface area contributed by atoms with Crippen molar-refractivity contribution in [2.75, 3.05) is 6.54 Å². The SMILES string of the molecule is CC(=O)NCC(C)CCc1nnc2c(c1C)C1(C)CCC3C(CC=C4CC(O)CCC43C)C1C2. The van der Waals surface area contributed by atoms with Crippen molar-refractivity contribution < 1.29 is 9.90 Å². The third-order valence-corrected chi connectivity index (χ3v) is 10.4. The Balaban J connectivity index is 1.37. The van der Waals surface area contributed by atoms with Crippen molar-refractivity contribution in [3.63, 3.8) is 0 Å². The average molecular weight is 466 g/mol. The fourth-order valence-electron chi connectivity index (χ4n) is 8.41. The Morgan fingerprint density at radius 3 is 2.71 bits per heavy atom. The third kappa shape index (κ3) is 3.83. The van der Waals surface area contributed by atoms with Gasteiger partial charge in [0.2, 0.25) is 5.91 Å². The van der Waals surface area contributed by atoms with Gasteiger partial charge in [0.15, 0.2) is 0 Å². The smallest absolute Gasteiger partial charge is 0.216 e. The van der Waals surface area contributed by atoms with Gasteiger partial charge in [-0.3, -0.25) is 4.79 Å². The van der Waals surface area contributed by atoms with Crippen molar-refractivity contribution >= 4 is 5.91 Å². The summed E-state index contributed by atoms with van der Waals surface area (Å²) in [5.41, 5.74) is 7.29. The predicted molar refractivity (Wildman–Crippen MR) is 134 cm³/mol. The molecule has 34 heavy (non-hydrogen) atoms. The zero-order chi connectivity index (χ0) is 24.3. The Hall–Kier alpha value is -1.75. The number of fused-ring (bicyclic) bond motifs is 7. The van der Waals surface area contributed by atoms with Gasteiger partial charge >= 0.3 is 0 Å². The van der Waals surface area contributed by atoms with E-state index in [-0.39, 0.29) is 22.8 Å². The molecular weight excluding hydrogens is 422 g/mol. The van der Waals surface area contributed by atoms with Gasteiger partial charge in [0.25, 0.3) is 0 Å². The molecule has 1 amide bonds. The van der Waals surface area contributed by atoms with Gasteiger partial charge in [0, 0.05) is 13.5 Å². The normalized spacial score (nSPS) is 37.1. The number of hydrogen-bond donors (Lipinski definition) is 2. The van der Waals surface area contributed by atoms with E-state index in [9.17, 15) is 9.90 Å². The molecule has 1 aromatic heterocycles. The van der Waals surface area contributed by atoms with Crippen LogP contribution in [0.2, 0.25) is 0 Å². The first-order chi connectivity index (χ1) is 16.1. The summed E-state index contributed by atoms with van der Waals surface area (Å²) in [6, 6.07) is 0. The first kappa shape index (κ1) is 24.0. The molecule has 4 aliphatic rings. The van der Waals surface area contributed by atoms with Gasteiger partial charge in [0.1, 0.15) is 0 Å². The summed E-state index contributed by atoms with van der Waals surface area (Å²) in [4.78, 5) is 11.2. The standard InChI is InChI=1S/C29H43N3O2/c1-17(16-30-19(3)33)6-9-25-18(2)27-26(32-31-25)15-24-22-8-7-20-14-21(34)10-12-28(20,4)23(22)11-13-29(24,27)5/h7,17,21-24,34H,6,8-16H2,1-5H3,(H,30,33). The van der Waals surface area contributed by atoms with Crippen LogP contribution in [0.25, 0.3) is 0 Å². The zero-order valence-corrected chi connectivity index (χ0v) is 21.8. The number of nitrogens with one attached hydrogen (secondary N) is 1. The third-order valence-electron chi connectivity index (χ3n) is 10.4. The van der Waals surface area contributed by atoms with Crippen molar-refractivity contribution in [3.05, 3.63) is 34.2 Å². The number of rotatable bonds is 5. The fourth-order valence-corrected chi connectivity index (χ4v) is 8.41. The summed E-state index contributed by atoms with van der Waals surface area (Å²) in [7, 11) is 0. The highest BCUT2D eigenvalue weighted by atomic mass is 16.3. The first-order valence-electron chi connectivity index (χ1n) is 13.6. The summed E-state index contributed by atoms with van der Waals surface area (Å²) in [5.74, 6) is 2.55. The van der Waals surface area contributed by atoms with Crippen molar-refractivity contribution in [1.29, 1.82) is 0 Å². The van der Waals surface area contributed by atoms with E-state index < -0.39 is 0 Å². The quantitative estimate of drug-likeness (QED) is 0.611. The van der Waals surface area contributed by atoms with Gasteiger partial charge in [-0.05, 0) is 110 Å². The molecule has 0 spiro atoms. The maximum atomic E-state index is 11.2. The summed E-state index contributed by atoms with van der Waals surface area (Å²) < 4.78 is 0. The van der Waals surface area contributed by atoms with Crippen LogP contribution in [0.5, 0.6) is 0 Å². The Labute approximate surface area is 205 Å². The Bertz CT molecular complexity index is 1000. The molecule has 0 aromatic carbocycles. The number of nitrogens with zero attached hydrogens (tertiary/aromatic N) is 2. The van der Waals surface area contributed by atoms with Gasteiger partial charge in [0.05, 0.1) is 17.5 Å². The van der Waals surface area contributed by atoms with E-state index >= 15 is 0 Å². The molecule has 0 saturated heterocycles. The monoisotopic (exact) mass is 465 g/mol. The lowest BCUT2D eigenvalue weighted by atomic mass is 9.47. The van der Waals surface area contributed by atoms with Gasteiger partial charge in [-0.1, -0.05) is 32.4 Å². The molecule has 1 aromatic rings. The van der Waals surface area contributed by atoms with Crippen LogP contribution in [-0.4, -0.2) is 33.9 Å². The van der Waals surface area contributed by atoms with Gasteiger partial charge in [-0.15, -0.1) is 0 Å². The van der Waals surface area contributed by atoms with E-state index in [2.05, 4.69) is 39.1 Å². The second-order valence-corrected chi connectivity index (χ2v) is 12.5. The molecule has 2 saturated carbocycles. The molecule has 186 valence electrons. The lowest BCUT2D eigenvalue weighted by Crippen LogP contribution is -2.51. The molecule has 7 atom stereocenters.